The van der Waals surface area contributed by atoms with E-state index in [2.05, 4.69) is 27.1 Å². The first-order chi connectivity index (χ1) is 13.2. The number of benzene rings is 1. The average Bonchev–Trinajstić information content (AvgIpc) is 3.05. The number of rotatable bonds is 9. The van der Waals surface area contributed by atoms with E-state index in [1.165, 1.54) is 5.56 Å². The maximum absolute atomic E-state index is 9.05. The molecular formula is C19H22ClN5OS. The highest BCUT2D eigenvalue weighted by Crippen LogP contribution is 2.25. The number of thioether (sulfide) groups is 1. The molecule has 0 amide bonds. The molecule has 0 bridgehead atoms. The zero-order valence-electron chi connectivity index (χ0n) is 15.1. The number of pyridine rings is 1. The molecule has 2 aromatic heterocycles. The number of halogens is 1. The van der Waals surface area contributed by atoms with E-state index in [4.69, 9.17) is 16.7 Å². The fraction of sp³-hybridized carbons (Fsp3) is 0.316. The van der Waals surface area contributed by atoms with Crippen LogP contribution in [0.15, 0.2) is 53.9 Å². The van der Waals surface area contributed by atoms with Crippen molar-refractivity contribution in [2.45, 2.75) is 24.7 Å². The summed E-state index contributed by atoms with van der Waals surface area (Å²) >= 11 is 7.78. The summed E-state index contributed by atoms with van der Waals surface area (Å²) in [4.78, 5) is 6.24. The van der Waals surface area contributed by atoms with Crippen LogP contribution in [-0.4, -0.2) is 49.2 Å². The second-order valence-corrected chi connectivity index (χ2v) is 7.67. The van der Waals surface area contributed by atoms with Crippen molar-refractivity contribution in [3.8, 4) is 5.69 Å². The highest BCUT2D eigenvalue weighted by molar-refractivity contribution is 7.99. The van der Waals surface area contributed by atoms with Gasteiger partial charge in [0.15, 0.2) is 11.0 Å². The van der Waals surface area contributed by atoms with Crippen LogP contribution in [0.5, 0.6) is 0 Å². The first-order valence-corrected chi connectivity index (χ1v) is 10.0. The Hall–Kier alpha value is -1.93. The predicted molar refractivity (Wildman–Crippen MR) is 108 cm³/mol. The quantitative estimate of drug-likeness (QED) is 0.436. The molecule has 0 unspecified atom stereocenters. The van der Waals surface area contributed by atoms with E-state index in [9.17, 15) is 0 Å². The minimum atomic E-state index is 0.166. The van der Waals surface area contributed by atoms with Gasteiger partial charge in [-0.15, -0.1) is 10.2 Å². The van der Waals surface area contributed by atoms with Gasteiger partial charge in [-0.2, -0.15) is 0 Å². The second kappa shape index (κ2) is 9.85. The Morgan fingerprint density at radius 3 is 2.70 bits per heavy atom. The molecular weight excluding hydrogens is 382 g/mol. The number of hydrogen-bond acceptors (Lipinski definition) is 6. The van der Waals surface area contributed by atoms with Gasteiger partial charge in [-0.3, -0.25) is 14.5 Å². The van der Waals surface area contributed by atoms with Gasteiger partial charge in [-0.25, -0.2) is 0 Å². The number of aliphatic hydroxyl groups excluding tert-OH is 1. The van der Waals surface area contributed by atoms with Crippen LogP contribution in [0.3, 0.4) is 0 Å². The second-order valence-electron chi connectivity index (χ2n) is 6.17. The Bertz CT molecular complexity index is 858. The molecule has 0 atom stereocenters. The van der Waals surface area contributed by atoms with E-state index in [1.54, 1.807) is 24.2 Å². The molecule has 0 spiro atoms. The summed E-state index contributed by atoms with van der Waals surface area (Å²) in [6.07, 6.45) is 4.31. The molecule has 8 heteroatoms. The molecule has 142 valence electrons. The van der Waals surface area contributed by atoms with Crippen LogP contribution in [-0.2, 0) is 13.1 Å². The molecule has 0 saturated carbocycles. The normalized spacial score (nSPS) is 11.3. The lowest BCUT2D eigenvalue weighted by Gasteiger charge is -2.17. The van der Waals surface area contributed by atoms with E-state index in [-0.39, 0.29) is 6.61 Å². The van der Waals surface area contributed by atoms with Gasteiger partial charge in [0.1, 0.15) is 0 Å². The maximum Gasteiger partial charge on any atom is 0.195 e. The Morgan fingerprint density at radius 1 is 1.15 bits per heavy atom. The van der Waals surface area contributed by atoms with Gasteiger partial charge in [-0.1, -0.05) is 29.4 Å². The number of aromatic nitrogens is 4. The Balaban J connectivity index is 1.83. The van der Waals surface area contributed by atoms with Crippen molar-refractivity contribution in [2.24, 2.45) is 0 Å². The zero-order valence-corrected chi connectivity index (χ0v) is 16.7. The van der Waals surface area contributed by atoms with Gasteiger partial charge in [-0.05, 0) is 49.4 Å². The molecule has 0 aliphatic heterocycles. The molecule has 3 aromatic rings. The predicted octanol–water partition coefficient (Wildman–Crippen LogP) is 3.42. The molecule has 0 aliphatic carbocycles. The highest BCUT2D eigenvalue weighted by Gasteiger charge is 2.16. The van der Waals surface area contributed by atoms with Crippen molar-refractivity contribution in [3.05, 3.63) is 65.2 Å². The maximum atomic E-state index is 9.05. The number of aliphatic hydroxyl groups is 1. The molecule has 0 aliphatic rings. The first kappa shape index (κ1) is 19.8. The summed E-state index contributed by atoms with van der Waals surface area (Å²) in [6, 6.07) is 11.7. The van der Waals surface area contributed by atoms with Gasteiger partial charge < -0.3 is 5.11 Å². The molecule has 0 radical (unpaired) electrons. The van der Waals surface area contributed by atoms with E-state index in [0.717, 1.165) is 29.0 Å². The van der Waals surface area contributed by atoms with Gasteiger partial charge in [0.25, 0.3) is 0 Å². The topological polar surface area (TPSA) is 67.1 Å². The largest absolute Gasteiger partial charge is 0.396 e. The summed E-state index contributed by atoms with van der Waals surface area (Å²) in [5, 5.41) is 19.3. The third-order valence-corrected chi connectivity index (χ3v) is 5.16. The molecule has 3 rings (SSSR count). The minimum Gasteiger partial charge on any atom is -0.396 e. The monoisotopic (exact) mass is 403 g/mol. The summed E-state index contributed by atoms with van der Waals surface area (Å²) in [6.45, 7) is 1.60. The highest BCUT2D eigenvalue weighted by atomic mass is 35.5. The van der Waals surface area contributed by atoms with Crippen LogP contribution in [0, 0.1) is 0 Å². The minimum absolute atomic E-state index is 0.166. The molecule has 0 fully saturated rings. The average molecular weight is 404 g/mol. The van der Waals surface area contributed by atoms with Crippen LogP contribution in [0.4, 0.5) is 0 Å². The third kappa shape index (κ3) is 5.52. The van der Waals surface area contributed by atoms with Crippen molar-refractivity contribution >= 4 is 23.4 Å². The van der Waals surface area contributed by atoms with Gasteiger partial charge >= 0.3 is 0 Å². The van der Waals surface area contributed by atoms with Crippen molar-refractivity contribution in [2.75, 3.05) is 19.4 Å². The summed E-state index contributed by atoms with van der Waals surface area (Å²) in [5.74, 6) is 1.63. The summed E-state index contributed by atoms with van der Waals surface area (Å²) < 4.78 is 2.04. The number of hydrogen-bond donors (Lipinski definition) is 1. The van der Waals surface area contributed by atoms with E-state index in [0.29, 0.717) is 18.0 Å². The van der Waals surface area contributed by atoms with Gasteiger partial charge in [0, 0.05) is 36.3 Å². The Kier molecular flexibility index (Phi) is 7.23. The van der Waals surface area contributed by atoms with Crippen LogP contribution in [0.25, 0.3) is 5.69 Å². The molecule has 1 N–H and O–H groups in total. The smallest absolute Gasteiger partial charge is 0.195 e. The lowest BCUT2D eigenvalue weighted by atomic mass is 10.2. The summed E-state index contributed by atoms with van der Waals surface area (Å²) in [5.41, 5.74) is 2.13. The molecule has 2 heterocycles. The van der Waals surface area contributed by atoms with E-state index in [1.807, 2.05) is 41.0 Å². The van der Waals surface area contributed by atoms with E-state index < -0.39 is 0 Å². The van der Waals surface area contributed by atoms with Gasteiger partial charge in [0.2, 0.25) is 0 Å². The van der Waals surface area contributed by atoms with Crippen molar-refractivity contribution < 1.29 is 5.11 Å². The summed E-state index contributed by atoms with van der Waals surface area (Å²) in [7, 11) is 2.05. The van der Waals surface area contributed by atoms with Crippen LogP contribution >= 0.6 is 23.4 Å². The molecule has 0 saturated heterocycles. The lowest BCUT2D eigenvalue weighted by molar-refractivity contribution is 0.296. The van der Waals surface area contributed by atoms with Crippen LogP contribution < -0.4 is 0 Å². The number of nitrogens with zero attached hydrogens (tertiary/aromatic N) is 5. The molecule has 1 aromatic carbocycles. The first-order valence-electron chi connectivity index (χ1n) is 8.68. The van der Waals surface area contributed by atoms with Crippen molar-refractivity contribution in [3.63, 3.8) is 0 Å². The molecule has 27 heavy (non-hydrogen) atoms. The fourth-order valence-corrected chi connectivity index (χ4v) is 3.77. The van der Waals surface area contributed by atoms with Crippen molar-refractivity contribution in [1.82, 2.24) is 24.6 Å². The standard InChI is InChI=1S/C19H22ClN5OS/c1-24(13-15-6-8-21-9-7-15)14-18-22-23-19(27-11-3-10-26)25(18)17-5-2-4-16(20)12-17/h2,4-9,12,26H,3,10-11,13-14H2,1H3. The third-order valence-electron chi connectivity index (χ3n) is 3.91. The fourth-order valence-electron chi connectivity index (χ4n) is 2.70. The Morgan fingerprint density at radius 2 is 1.96 bits per heavy atom. The Labute approximate surface area is 168 Å². The SMILES string of the molecule is CN(Cc1ccncc1)Cc1nnc(SCCCO)n1-c1cccc(Cl)c1. The van der Waals surface area contributed by atoms with E-state index >= 15 is 0 Å². The van der Waals surface area contributed by atoms with Gasteiger partial charge in [0.05, 0.1) is 12.2 Å². The van der Waals surface area contributed by atoms with Crippen molar-refractivity contribution in [1.29, 1.82) is 0 Å². The van der Waals surface area contributed by atoms with Crippen LogP contribution in [0.2, 0.25) is 5.02 Å². The molecule has 6 nitrogen and oxygen atoms in total. The lowest BCUT2D eigenvalue weighted by Crippen LogP contribution is -2.20. The van der Waals surface area contributed by atoms with Crippen LogP contribution in [0.1, 0.15) is 17.8 Å². The zero-order chi connectivity index (χ0) is 19.1.